The molecular weight excluding hydrogens is 419 g/mol. The molecule has 4 nitrogen and oxygen atoms in total. The maximum absolute atomic E-state index is 13.1. The monoisotopic (exact) mass is 450 g/mol. The zero-order valence-electron chi connectivity index (χ0n) is 18.1. The minimum absolute atomic E-state index is 0.0422. The molecule has 0 saturated carbocycles. The molecule has 0 aliphatic rings. The Bertz CT molecular complexity index is 909. The Morgan fingerprint density at radius 3 is 2.50 bits per heavy atom. The molecule has 1 heterocycles. The van der Waals surface area contributed by atoms with Crippen LogP contribution in [0.4, 0.5) is 5.69 Å². The lowest BCUT2D eigenvalue weighted by Gasteiger charge is -2.23. The van der Waals surface area contributed by atoms with Crippen molar-refractivity contribution in [3.8, 4) is 0 Å². The van der Waals surface area contributed by atoms with E-state index in [1.54, 1.807) is 30.3 Å². The van der Waals surface area contributed by atoms with E-state index >= 15 is 0 Å². The number of nitrogens with one attached hydrogen (secondary N) is 1. The van der Waals surface area contributed by atoms with Crippen molar-refractivity contribution in [1.82, 2.24) is 4.57 Å². The lowest BCUT2D eigenvalue weighted by atomic mass is 10.0. The smallest absolute Gasteiger partial charge is 0.261 e. The number of aromatic nitrogens is 1. The molecule has 1 unspecified atom stereocenters. The number of hydrogen-bond donors (Lipinski definition) is 1. The van der Waals surface area contributed by atoms with Crippen LogP contribution in [0.2, 0.25) is 5.02 Å². The van der Waals surface area contributed by atoms with E-state index in [2.05, 4.69) is 16.8 Å². The van der Waals surface area contributed by atoms with Crippen molar-refractivity contribution in [1.29, 1.82) is 0 Å². The van der Waals surface area contributed by atoms with E-state index in [0.717, 1.165) is 43.5 Å². The molecule has 1 amide bonds. The van der Waals surface area contributed by atoms with Gasteiger partial charge in [-0.05, 0) is 31.4 Å². The number of hydrogen-bond acceptors (Lipinski definition) is 2. The molecular formula is C24H32Cl2N2O2. The van der Waals surface area contributed by atoms with Crippen LogP contribution in [-0.4, -0.2) is 15.9 Å². The first-order chi connectivity index (χ1) is 14.4. The third-order valence-corrected chi connectivity index (χ3v) is 5.89. The topological polar surface area (TPSA) is 51.1 Å². The fourth-order valence-corrected chi connectivity index (χ4v) is 4.14. The van der Waals surface area contributed by atoms with Crippen LogP contribution in [0.3, 0.4) is 0 Å². The van der Waals surface area contributed by atoms with Crippen molar-refractivity contribution < 1.29 is 4.79 Å². The van der Waals surface area contributed by atoms with Crippen LogP contribution < -0.4 is 10.7 Å². The van der Waals surface area contributed by atoms with Gasteiger partial charge in [0.1, 0.15) is 5.56 Å². The summed E-state index contributed by atoms with van der Waals surface area (Å²) in [7, 11) is 0. The Kier molecular flexibility index (Phi) is 9.93. The van der Waals surface area contributed by atoms with Gasteiger partial charge in [-0.1, -0.05) is 70.2 Å². The molecule has 6 heteroatoms. The first kappa shape index (κ1) is 24.5. The molecule has 0 saturated heterocycles. The second kappa shape index (κ2) is 12.2. The Balaban J connectivity index is 2.45. The minimum atomic E-state index is -0.426. The van der Waals surface area contributed by atoms with Gasteiger partial charge < -0.3 is 9.88 Å². The number of aryl methyl sites for hydroxylation is 1. The van der Waals surface area contributed by atoms with Crippen molar-refractivity contribution >= 4 is 34.8 Å². The average Bonchev–Trinajstić information content (AvgIpc) is 2.71. The molecule has 0 aliphatic carbocycles. The molecule has 0 fully saturated rings. The van der Waals surface area contributed by atoms with E-state index in [9.17, 15) is 9.59 Å². The molecule has 1 aromatic heterocycles. The molecule has 2 rings (SSSR count). The standard InChI is InChI=1S/C24H32Cl2N2O2/c1-4-7-8-12-17(25)16-28-18(6-3)15-22(29)23(21(28)11-5-2)24(30)27-20-14-10-9-13-19(20)26/h9-10,13-15,17H,4-8,11-12,16H2,1-3H3,(H,27,30). The largest absolute Gasteiger partial charge is 0.346 e. The number of carbonyl (C=O) groups is 1. The summed E-state index contributed by atoms with van der Waals surface area (Å²) < 4.78 is 2.09. The van der Waals surface area contributed by atoms with E-state index in [1.807, 2.05) is 13.8 Å². The van der Waals surface area contributed by atoms with Crippen LogP contribution in [-0.2, 0) is 19.4 Å². The number of halogens is 2. The summed E-state index contributed by atoms with van der Waals surface area (Å²) in [4.78, 5) is 26.0. The summed E-state index contributed by atoms with van der Waals surface area (Å²) in [6.45, 7) is 6.83. The zero-order valence-corrected chi connectivity index (χ0v) is 19.7. The summed E-state index contributed by atoms with van der Waals surface area (Å²) in [5.74, 6) is -0.426. The lowest BCUT2D eigenvalue weighted by Crippen LogP contribution is -2.30. The van der Waals surface area contributed by atoms with Crippen LogP contribution in [0.1, 0.15) is 74.6 Å². The van der Waals surface area contributed by atoms with Crippen molar-refractivity contribution in [3.63, 3.8) is 0 Å². The predicted molar refractivity (Wildman–Crippen MR) is 127 cm³/mol. The van der Waals surface area contributed by atoms with Crippen molar-refractivity contribution in [2.45, 2.75) is 77.6 Å². The van der Waals surface area contributed by atoms with Crippen LogP contribution in [0.5, 0.6) is 0 Å². The van der Waals surface area contributed by atoms with Crippen molar-refractivity contribution in [2.24, 2.45) is 0 Å². The fourth-order valence-electron chi connectivity index (χ4n) is 3.66. The van der Waals surface area contributed by atoms with Gasteiger partial charge in [-0.25, -0.2) is 0 Å². The van der Waals surface area contributed by atoms with Crippen molar-refractivity contribution in [3.05, 3.63) is 62.5 Å². The maximum Gasteiger partial charge on any atom is 0.261 e. The summed E-state index contributed by atoms with van der Waals surface area (Å²) in [5.41, 5.74) is 2.10. The number of amides is 1. The minimum Gasteiger partial charge on any atom is -0.346 e. The Hall–Kier alpha value is -1.78. The SMILES string of the molecule is CCCCCC(Cl)Cn1c(CC)cc(=O)c(C(=O)Nc2ccccc2Cl)c1CCC. The Labute approximate surface area is 189 Å². The van der Waals surface area contributed by atoms with E-state index in [1.165, 1.54) is 0 Å². The van der Waals surface area contributed by atoms with Gasteiger partial charge in [-0.15, -0.1) is 11.6 Å². The second-order valence-electron chi connectivity index (χ2n) is 7.56. The second-order valence-corrected chi connectivity index (χ2v) is 8.59. The number of carbonyl (C=O) groups excluding carboxylic acids is 1. The molecule has 30 heavy (non-hydrogen) atoms. The number of alkyl halides is 1. The number of nitrogens with zero attached hydrogens (tertiary/aromatic N) is 1. The van der Waals surface area contributed by atoms with Crippen LogP contribution in [0.25, 0.3) is 0 Å². The van der Waals surface area contributed by atoms with Gasteiger partial charge in [-0.2, -0.15) is 0 Å². The number of pyridine rings is 1. The quantitative estimate of drug-likeness (QED) is 0.315. The van der Waals surface area contributed by atoms with Gasteiger partial charge in [0.25, 0.3) is 5.91 Å². The summed E-state index contributed by atoms with van der Waals surface area (Å²) in [6, 6.07) is 8.60. The zero-order chi connectivity index (χ0) is 22.1. The van der Waals surface area contributed by atoms with Gasteiger partial charge in [-0.3, -0.25) is 9.59 Å². The molecule has 1 atom stereocenters. The third-order valence-electron chi connectivity index (χ3n) is 5.20. The number of rotatable bonds is 11. The fraction of sp³-hybridized carbons (Fsp3) is 0.500. The summed E-state index contributed by atoms with van der Waals surface area (Å²) in [6.07, 6.45) is 6.45. The van der Waals surface area contributed by atoms with Gasteiger partial charge in [0.05, 0.1) is 16.1 Å². The highest BCUT2D eigenvalue weighted by molar-refractivity contribution is 6.33. The first-order valence-electron chi connectivity index (χ1n) is 10.9. The van der Waals surface area contributed by atoms with E-state index < -0.39 is 5.91 Å². The first-order valence-corrected chi connectivity index (χ1v) is 11.7. The molecule has 1 N–H and O–H groups in total. The van der Waals surface area contributed by atoms with Crippen LogP contribution in [0.15, 0.2) is 35.1 Å². The Morgan fingerprint density at radius 2 is 1.87 bits per heavy atom. The molecule has 164 valence electrons. The Morgan fingerprint density at radius 1 is 1.13 bits per heavy atom. The van der Waals surface area contributed by atoms with Gasteiger partial charge in [0.2, 0.25) is 0 Å². The highest BCUT2D eigenvalue weighted by atomic mass is 35.5. The molecule has 0 radical (unpaired) electrons. The lowest BCUT2D eigenvalue weighted by molar-refractivity contribution is 0.102. The van der Waals surface area contributed by atoms with E-state index in [-0.39, 0.29) is 16.4 Å². The van der Waals surface area contributed by atoms with Crippen LogP contribution >= 0.6 is 23.2 Å². The molecule has 0 bridgehead atoms. The summed E-state index contributed by atoms with van der Waals surface area (Å²) in [5, 5.41) is 3.20. The van der Waals surface area contributed by atoms with Gasteiger partial charge in [0.15, 0.2) is 5.43 Å². The van der Waals surface area contributed by atoms with E-state index in [0.29, 0.717) is 30.1 Å². The summed E-state index contributed by atoms with van der Waals surface area (Å²) >= 11 is 12.8. The number of benzene rings is 1. The van der Waals surface area contributed by atoms with Gasteiger partial charge in [0, 0.05) is 24.0 Å². The predicted octanol–water partition coefficient (Wildman–Crippen LogP) is 6.46. The highest BCUT2D eigenvalue weighted by Crippen LogP contribution is 2.23. The van der Waals surface area contributed by atoms with E-state index in [4.69, 9.17) is 23.2 Å². The van der Waals surface area contributed by atoms with Gasteiger partial charge >= 0.3 is 0 Å². The molecule has 2 aromatic rings. The molecule has 0 aliphatic heterocycles. The molecule has 0 spiro atoms. The number of anilines is 1. The highest BCUT2D eigenvalue weighted by Gasteiger charge is 2.22. The maximum atomic E-state index is 13.1. The number of unbranched alkanes of at least 4 members (excludes halogenated alkanes) is 2. The number of para-hydroxylation sites is 1. The third kappa shape index (κ3) is 6.36. The molecule has 1 aromatic carbocycles. The average molecular weight is 451 g/mol. The van der Waals surface area contributed by atoms with Crippen molar-refractivity contribution in [2.75, 3.05) is 5.32 Å². The van der Waals surface area contributed by atoms with Crippen LogP contribution in [0, 0.1) is 0 Å². The normalized spacial score (nSPS) is 12.0.